The van der Waals surface area contributed by atoms with Crippen molar-refractivity contribution in [3.8, 4) is 11.5 Å². The van der Waals surface area contributed by atoms with Gasteiger partial charge in [-0.1, -0.05) is 29.8 Å². The topological polar surface area (TPSA) is 89.4 Å². The molecule has 0 saturated carbocycles. The third-order valence-electron chi connectivity index (χ3n) is 6.34. The van der Waals surface area contributed by atoms with Crippen LogP contribution >= 0.6 is 11.6 Å². The maximum absolute atomic E-state index is 13.7. The maximum Gasteiger partial charge on any atom is 0.257 e. The highest BCUT2D eigenvalue weighted by Gasteiger charge is 2.36. The van der Waals surface area contributed by atoms with Crippen molar-refractivity contribution in [2.45, 2.75) is 25.4 Å². The largest absolute Gasteiger partial charge is 0.457 e. The van der Waals surface area contributed by atoms with Crippen molar-refractivity contribution in [2.24, 2.45) is 5.92 Å². The number of carbonyl (C=O) groups excluding carboxylic acids is 2. The fourth-order valence-corrected chi connectivity index (χ4v) is 4.71. The molecule has 8 nitrogen and oxygen atoms in total. The predicted octanol–water partition coefficient (Wildman–Crippen LogP) is 4.64. The molecule has 0 spiro atoms. The molecule has 3 aromatic carbocycles. The zero-order valence-electron chi connectivity index (χ0n) is 20.3. The monoisotopic (exact) mass is 533 g/mol. The fourth-order valence-electron chi connectivity index (χ4n) is 4.50. The van der Waals surface area contributed by atoms with Gasteiger partial charge in [0.25, 0.3) is 11.8 Å². The quantitative estimate of drug-likeness (QED) is 0.355. The van der Waals surface area contributed by atoms with Gasteiger partial charge < -0.3 is 10.1 Å². The molecular weight excluding hydrogens is 509 g/mol. The Bertz CT molecular complexity index is 1400. The fraction of sp³-hybridized carbons (Fsp3) is 0.214. The third-order valence-corrected chi connectivity index (χ3v) is 6.71. The summed E-state index contributed by atoms with van der Waals surface area (Å²) in [6.45, 7) is 0.442. The van der Waals surface area contributed by atoms with E-state index in [9.17, 15) is 14.0 Å². The van der Waals surface area contributed by atoms with Crippen molar-refractivity contribution in [1.82, 2.24) is 20.3 Å². The van der Waals surface area contributed by atoms with Crippen LogP contribution in [0.5, 0.6) is 11.5 Å². The summed E-state index contributed by atoms with van der Waals surface area (Å²) >= 11 is 6.33. The zero-order valence-corrected chi connectivity index (χ0v) is 21.1. The number of hydrogen-bond acceptors (Lipinski definition) is 6. The van der Waals surface area contributed by atoms with Gasteiger partial charge in [0.15, 0.2) is 0 Å². The van der Waals surface area contributed by atoms with Crippen LogP contribution in [-0.4, -0.2) is 39.4 Å². The number of aromatic nitrogens is 3. The normalized spacial score (nSPS) is 16.8. The van der Waals surface area contributed by atoms with Crippen LogP contribution in [0, 0.1) is 11.7 Å². The first-order valence-corrected chi connectivity index (χ1v) is 12.6. The summed E-state index contributed by atoms with van der Waals surface area (Å²) in [5, 5.41) is 12.0. The molecule has 1 aromatic heterocycles. The predicted molar refractivity (Wildman–Crippen MR) is 140 cm³/mol. The van der Waals surface area contributed by atoms with E-state index in [1.807, 2.05) is 24.3 Å². The molecule has 2 atom stereocenters. The molecule has 2 amide bonds. The van der Waals surface area contributed by atoms with Gasteiger partial charge in [-0.3, -0.25) is 9.59 Å². The molecule has 10 heteroatoms. The summed E-state index contributed by atoms with van der Waals surface area (Å²) in [7, 11) is 0. The van der Waals surface area contributed by atoms with Gasteiger partial charge in [0.05, 0.1) is 24.1 Å². The van der Waals surface area contributed by atoms with E-state index in [2.05, 4.69) is 15.5 Å². The van der Waals surface area contributed by atoms with Crippen LogP contribution in [0.2, 0.25) is 5.02 Å². The molecule has 1 aliphatic rings. The SMILES string of the molecule is O=C(Cn1nccn1)N(C(=O)C1CC(Cc2ccccc2Cl)CN1)c1ccc(Oc2ccc(F)cc2)cc1. The molecule has 1 fully saturated rings. The van der Waals surface area contributed by atoms with Gasteiger partial charge in [-0.25, -0.2) is 9.29 Å². The summed E-state index contributed by atoms with van der Waals surface area (Å²) in [6.07, 6.45) is 4.24. The summed E-state index contributed by atoms with van der Waals surface area (Å²) < 4.78 is 18.9. The Kier molecular flexibility index (Phi) is 7.76. The minimum absolute atomic E-state index is 0.192. The van der Waals surface area contributed by atoms with Crippen LogP contribution in [0.1, 0.15) is 12.0 Å². The van der Waals surface area contributed by atoms with Crippen LogP contribution in [0.25, 0.3) is 0 Å². The molecule has 1 saturated heterocycles. The van der Waals surface area contributed by atoms with E-state index in [1.54, 1.807) is 24.3 Å². The number of halogens is 2. The Morgan fingerprint density at radius 3 is 2.34 bits per heavy atom. The number of imide groups is 1. The summed E-state index contributed by atoms with van der Waals surface area (Å²) in [5.41, 5.74) is 1.43. The third kappa shape index (κ3) is 6.07. The molecule has 38 heavy (non-hydrogen) atoms. The number of anilines is 1. The van der Waals surface area contributed by atoms with E-state index in [0.29, 0.717) is 35.2 Å². The molecule has 2 unspecified atom stereocenters. The molecule has 0 radical (unpaired) electrons. The second-order valence-corrected chi connectivity index (χ2v) is 9.44. The van der Waals surface area contributed by atoms with Gasteiger partial charge in [-0.2, -0.15) is 15.0 Å². The lowest BCUT2D eigenvalue weighted by molar-refractivity contribution is -0.128. The lowest BCUT2D eigenvalue weighted by Gasteiger charge is -2.24. The Hall–Kier alpha value is -4.08. The second-order valence-electron chi connectivity index (χ2n) is 9.03. The Morgan fingerprint density at radius 2 is 1.66 bits per heavy atom. The van der Waals surface area contributed by atoms with Crippen molar-refractivity contribution >= 4 is 29.1 Å². The number of ether oxygens (including phenoxy) is 1. The van der Waals surface area contributed by atoms with Crippen LogP contribution in [-0.2, 0) is 22.6 Å². The van der Waals surface area contributed by atoms with Crippen molar-refractivity contribution in [1.29, 1.82) is 0 Å². The van der Waals surface area contributed by atoms with E-state index in [-0.39, 0.29) is 24.2 Å². The van der Waals surface area contributed by atoms with Gasteiger partial charge in [0.1, 0.15) is 23.9 Å². The van der Waals surface area contributed by atoms with Gasteiger partial charge in [0.2, 0.25) is 0 Å². The Labute approximate surface area is 224 Å². The summed E-state index contributed by atoms with van der Waals surface area (Å²) in [6, 6.07) is 19.4. The number of rotatable bonds is 8. The zero-order chi connectivity index (χ0) is 26.5. The Morgan fingerprint density at radius 1 is 1.00 bits per heavy atom. The van der Waals surface area contributed by atoms with Crippen LogP contribution < -0.4 is 15.0 Å². The molecule has 194 valence electrons. The molecule has 0 bridgehead atoms. The van der Waals surface area contributed by atoms with E-state index in [4.69, 9.17) is 16.3 Å². The van der Waals surface area contributed by atoms with Gasteiger partial charge in [-0.15, -0.1) is 0 Å². The van der Waals surface area contributed by atoms with Crippen molar-refractivity contribution < 1.29 is 18.7 Å². The van der Waals surface area contributed by atoms with Gasteiger partial charge in [0, 0.05) is 5.02 Å². The Balaban J connectivity index is 1.33. The first-order valence-electron chi connectivity index (χ1n) is 12.2. The van der Waals surface area contributed by atoms with E-state index in [1.165, 1.54) is 46.4 Å². The highest BCUT2D eigenvalue weighted by Crippen LogP contribution is 2.28. The van der Waals surface area contributed by atoms with E-state index in [0.717, 1.165) is 12.0 Å². The number of hydrogen-bond donors (Lipinski definition) is 1. The molecule has 1 N–H and O–H groups in total. The van der Waals surface area contributed by atoms with E-state index < -0.39 is 11.9 Å². The van der Waals surface area contributed by atoms with Crippen molar-refractivity contribution in [3.63, 3.8) is 0 Å². The highest BCUT2D eigenvalue weighted by molar-refractivity contribution is 6.31. The number of nitrogens with one attached hydrogen (secondary N) is 1. The average Bonchev–Trinajstić information content (AvgIpc) is 3.60. The molecular formula is C28H25ClFN5O3. The molecule has 4 aromatic rings. The minimum Gasteiger partial charge on any atom is -0.457 e. The molecule has 0 aliphatic carbocycles. The van der Waals surface area contributed by atoms with Crippen LogP contribution in [0.4, 0.5) is 10.1 Å². The van der Waals surface area contributed by atoms with E-state index >= 15 is 0 Å². The summed E-state index contributed by atoms with van der Waals surface area (Å²) in [4.78, 5) is 29.4. The smallest absolute Gasteiger partial charge is 0.257 e. The molecule has 2 heterocycles. The number of carbonyl (C=O) groups is 2. The maximum atomic E-state index is 13.7. The number of amides is 2. The lowest BCUT2D eigenvalue weighted by Crippen LogP contribution is -2.48. The minimum atomic E-state index is -0.535. The average molecular weight is 534 g/mol. The number of nitrogens with zero attached hydrogens (tertiary/aromatic N) is 4. The lowest BCUT2D eigenvalue weighted by atomic mass is 9.96. The molecule has 1 aliphatic heterocycles. The van der Waals surface area contributed by atoms with Crippen LogP contribution in [0.3, 0.4) is 0 Å². The van der Waals surface area contributed by atoms with Crippen molar-refractivity contribution in [2.75, 3.05) is 11.4 Å². The first-order chi connectivity index (χ1) is 18.5. The standard InChI is InChI=1S/C28H25ClFN5O3/c29-25-4-2-1-3-20(25)15-19-16-26(31-17-19)28(37)35(27(36)18-34-32-13-14-33-34)22-7-11-24(12-8-22)38-23-9-5-21(30)6-10-23/h1-14,19,26,31H,15-18H2. The van der Waals surface area contributed by atoms with Crippen molar-refractivity contribution in [3.05, 3.63) is 102 Å². The molecule has 5 rings (SSSR count). The second kappa shape index (κ2) is 11.5. The van der Waals surface area contributed by atoms with Gasteiger partial charge in [-0.05, 0) is 85.5 Å². The van der Waals surface area contributed by atoms with Crippen LogP contribution in [0.15, 0.2) is 85.2 Å². The number of benzene rings is 3. The summed E-state index contributed by atoms with van der Waals surface area (Å²) in [5.74, 6) is -0.0344. The first kappa shape index (κ1) is 25.6. The van der Waals surface area contributed by atoms with Gasteiger partial charge >= 0.3 is 0 Å². The highest BCUT2D eigenvalue weighted by atomic mass is 35.5.